The summed E-state index contributed by atoms with van der Waals surface area (Å²) in [4.78, 5) is 39.9. The third-order valence-electron chi connectivity index (χ3n) is 1.13. The van der Waals surface area contributed by atoms with E-state index in [2.05, 4.69) is 26.1 Å². The van der Waals surface area contributed by atoms with Gasteiger partial charge < -0.3 is 0 Å². The molecule has 0 saturated heterocycles. The van der Waals surface area contributed by atoms with Gasteiger partial charge in [-0.1, -0.05) is 6.58 Å². The third-order valence-corrected chi connectivity index (χ3v) is 1.13. The summed E-state index contributed by atoms with van der Waals surface area (Å²) in [5.74, 6) is -2.02. The SMILES string of the molecule is C=C(C(=O)OOC(C)C)C(=O)OOC(C)C. The normalized spacial score (nSPS) is 10.4. The van der Waals surface area contributed by atoms with Crippen LogP contribution in [0.4, 0.5) is 0 Å². The summed E-state index contributed by atoms with van der Waals surface area (Å²) < 4.78 is 0. The highest BCUT2D eigenvalue weighted by Crippen LogP contribution is 2.02. The molecule has 6 heteroatoms. The van der Waals surface area contributed by atoms with Crippen LogP contribution in [0.1, 0.15) is 27.7 Å². The van der Waals surface area contributed by atoms with Gasteiger partial charge in [0.2, 0.25) is 0 Å². The fourth-order valence-corrected chi connectivity index (χ4v) is 0.464. The van der Waals surface area contributed by atoms with E-state index in [4.69, 9.17) is 0 Å². The second kappa shape index (κ2) is 6.97. The molecule has 16 heavy (non-hydrogen) atoms. The molecule has 0 amide bonds. The van der Waals surface area contributed by atoms with Crippen molar-refractivity contribution in [3.05, 3.63) is 12.2 Å². The van der Waals surface area contributed by atoms with Crippen molar-refractivity contribution < 1.29 is 29.1 Å². The Bertz CT molecular complexity index is 242. The van der Waals surface area contributed by atoms with Gasteiger partial charge in [-0.2, -0.15) is 9.78 Å². The molecule has 0 aromatic carbocycles. The zero-order chi connectivity index (χ0) is 12.7. The van der Waals surface area contributed by atoms with Gasteiger partial charge in [0, 0.05) is 0 Å². The molecule has 0 aliphatic heterocycles. The van der Waals surface area contributed by atoms with Crippen molar-refractivity contribution in [3.8, 4) is 0 Å². The van der Waals surface area contributed by atoms with Gasteiger partial charge in [-0.15, -0.1) is 0 Å². The van der Waals surface area contributed by atoms with E-state index in [9.17, 15) is 9.59 Å². The standard InChI is InChI=1S/C10H16O6/c1-6(2)13-15-9(11)8(5)10(12)16-14-7(3)4/h6-7H,5H2,1-4H3. The molecule has 0 aliphatic rings. The Morgan fingerprint density at radius 1 is 0.875 bits per heavy atom. The molecule has 0 heterocycles. The van der Waals surface area contributed by atoms with E-state index in [1.807, 2.05) is 0 Å². The van der Waals surface area contributed by atoms with Crippen LogP contribution in [-0.4, -0.2) is 24.1 Å². The lowest BCUT2D eigenvalue weighted by Gasteiger charge is -2.08. The average molecular weight is 232 g/mol. The monoisotopic (exact) mass is 232 g/mol. The third kappa shape index (κ3) is 6.15. The minimum Gasteiger partial charge on any atom is -0.292 e. The quantitative estimate of drug-likeness (QED) is 0.226. The highest BCUT2D eigenvalue weighted by atomic mass is 17.2. The summed E-state index contributed by atoms with van der Waals surface area (Å²) in [6.07, 6.45) is -0.612. The predicted molar refractivity (Wildman–Crippen MR) is 53.8 cm³/mol. The number of rotatable bonds is 6. The van der Waals surface area contributed by atoms with Crippen LogP contribution in [0.2, 0.25) is 0 Å². The van der Waals surface area contributed by atoms with Crippen LogP contribution in [0.25, 0.3) is 0 Å². The summed E-state index contributed by atoms with van der Waals surface area (Å²) in [6, 6.07) is 0. The molecular weight excluding hydrogens is 216 g/mol. The number of hydrogen-bond acceptors (Lipinski definition) is 6. The van der Waals surface area contributed by atoms with Gasteiger partial charge in [-0.25, -0.2) is 9.59 Å². The van der Waals surface area contributed by atoms with E-state index in [1.54, 1.807) is 27.7 Å². The van der Waals surface area contributed by atoms with E-state index >= 15 is 0 Å². The zero-order valence-electron chi connectivity index (χ0n) is 9.81. The molecule has 0 bridgehead atoms. The molecule has 0 atom stereocenters. The maximum absolute atomic E-state index is 11.1. The van der Waals surface area contributed by atoms with Crippen LogP contribution < -0.4 is 0 Å². The van der Waals surface area contributed by atoms with Gasteiger partial charge >= 0.3 is 11.9 Å². The van der Waals surface area contributed by atoms with Gasteiger partial charge in [0.1, 0.15) is 5.57 Å². The average Bonchev–Trinajstić information content (AvgIpc) is 2.21. The first-order valence-electron chi connectivity index (χ1n) is 4.78. The topological polar surface area (TPSA) is 71.1 Å². The summed E-state index contributed by atoms with van der Waals surface area (Å²) in [7, 11) is 0. The van der Waals surface area contributed by atoms with Gasteiger partial charge in [0.25, 0.3) is 0 Å². The molecule has 0 aromatic heterocycles. The largest absolute Gasteiger partial charge is 0.379 e. The molecule has 0 saturated carbocycles. The van der Waals surface area contributed by atoms with Gasteiger partial charge in [0.15, 0.2) is 0 Å². The van der Waals surface area contributed by atoms with Crippen molar-refractivity contribution in [2.45, 2.75) is 39.9 Å². The fourth-order valence-electron chi connectivity index (χ4n) is 0.464. The van der Waals surface area contributed by atoms with E-state index in [0.29, 0.717) is 0 Å². The van der Waals surface area contributed by atoms with Crippen molar-refractivity contribution in [1.29, 1.82) is 0 Å². The molecule has 92 valence electrons. The van der Waals surface area contributed by atoms with E-state index < -0.39 is 17.5 Å². The zero-order valence-corrected chi connectivity index (χ0v) is 9.81. The van der Waals surface area contributed by atoms with Crippen LogP contribution in [0.15, 0.2) is 12.2 Å². The van der Waals surface area contributed by atoms with Crippen LogP contribution in [0, 0.1) is 0 Å². The smallest absolute Gasteiger partial charge is 0.292 e. The van der Waals surface area contributed by atoms with Crippen molar-refractivity contribution >= 4 is 11.9 Å². The molecule has 6 nitrogen and oxygen atoms in total. The minimum absolute atomic E-state index is 0.306. The number of carbonyl (C=O) groups is 2. The Kier molecular flexibility index (Phi) is 6.36. The molecule has 0 aliphatic carbocycles. The van der Waals surface area contributed by atoms with E-state index in [-0.39, 0.29) is 12.2 Å². The molecule has 0 spiro atoms. The number of carbonyl (C=O) groups excluding carboxylic acids is 2. The summed E-state index contributed by atoms with van der Waals surface area (Å²) in [5, 5.41) is 0. The van der Waals surface area contributed by atoms with E-state index in [1.165, 1.54) is 0 Å². The Hall–Kier alpha value is -1.40. The summed E-state index contributed by atoms with van der Waals surface area (Å²) in [5.41, 5.74) is -0.499. The Balaban J connectivity index is 4.02. The summed E-state index contributed by atoms with van der Waals surface area (Å²) in [6.45, 7) is 9.85. The molecule has 0 radical (unpaired) electrons. The fraction of sp³-hybridized carbons (Fsp3) is 0.600. The first-order valence-corrected chi connectivity index (χ1v) is 4.78. The van der Waals surface area contributed by atoms with Crippen LogP contribution in [0.3, 0.4) is 0 Å². The van der Waals surface area contributed by atoms with Crippen molar-refractivity contribution in [3.63, 3.8) is 0 Å². The lowest BCUT2D eigenvalue weighted by Crippen LogP contribution is -2.20. The first-order chi connectivity index (χ1) is 7.34. The maximum Gasteiger partial charge on any atom is 0.379 e. The van der Waals surface area contributed by atoms with Gasteiger partial charge in [0.05, 0.1) is 12.2 Å². The first kappa shape index (κ1) is 14.6. The van der Waals surface area contributed by atoms with Gasteiger partial charge in [-0.05, 0) is 27.7 Å². The van der Waals surface area contributed by atoms with Crippen molar-refractivity contribution in [2.75, 3.05) is 0 Å². The highest BCUT2D eigenvalue weighted by molar-refractivity contribution is 6.13. The molecule has 0 N–H and O–H groups in total. The van der Waals surface area contributed by atoms with Gasteiger partial charge in [-0.3, -0.25) is 9.78 Å². The van der Waals surface area contributed by atoms with Crippen molar-refractivity contribution in [2.24, 2.45) is 0 Å². The molecule has 0 fully saturated rings. The Labute approximate surface area is 94.0 Å². The predicted octanol–water partition coefficient (Wildman–Crippen LogP) is 1.31. The van der Waals surface area contributed by atoms with Crippen LogP contribution >= 0.6 is 0 Å². The van der Waals surface area contributed by atoms with Crippen LogP contribution in [0.5, 0.6) is 0 Å². The molecular formula is C10H16O6. The second-order valence-electron chi connectivity index (χ2n) is 3.51. The Morgan fingerprint density at radius 3 is 1.44 bits per heavy atom. The molecule has 0 rings (SSSR count). The molecule has 0 aromatic rings. The maximum atomic E-state index is 11.1. The minimum atomic E-state index is -1.01. The van der Waals surface area contributed by atoms with E-state index in [0.717, 1.165) is 0 Å². The summed E-state index contributed by atoms with van der Waals surface area (Å²) >= 11 is 0. The van der Waals surface area contributed by atoms with Crippen LogP contribution in [-0.2, 0) is 29.1 Å². The second-order valence-corrected chi connectivity index (χ2v) is 3.51. The highest BCUT2D eigenvalue weighted by Gasteiger charge is 2.21. The Morgan fingerprint density at radius 2 is 1.19 bits per heavy atom. The lowest BCUT2D eigenvalue weighted by molar-refractivity contribution is -0.295. The molecule has 0 unspecified atom stereocenters. The lowest BCUT2D eigenvalue weighted by atomic mass is 10.3. The number of hydrogen-bond donors (Lipinski definition) is 0. The van der Waals surface area contributed by atoms with Crippen molar-refractivity contribution in [1.82, 2.24) is 0 Å².